The monoisotopic (exact) mass is 383 g/mol. The summed E-state index contributed by atoms with van der Waals surface area (Å²) in [6.45, 7) is 12.1. The van der Waals surface area contributed by atoms with E-state index in [9.17, 15) is 0 Å². The Morgan fingerprint density at radius 1 is 0.821 bits per heavy atom. The van der Waals surface area contributed by atoms with Crippen molar-refractivity contribution in [2.24, 2.45) is 11.8 Å². The third-order valence-corrected chi connectivity index (χ3v) is 4.70. The fraction of sp³-hybridized carbons (Fsp3) is 0.520. The Hall–Kier alpha value is -2.00. The minimum absolute atomic E-state index is 0.637. The van der Waals surface area contributed by atoms with Gasteiger partial charge in [-0.25, -0.2) is 0 Å². The predicted molar refractivity (Wildman–Crippen MR) is 118 cm³/mol. The van der Waals surface area contributed by atoms with Crippen molar-refractivity contribution < 1.29 is 9.47 Å². The molecule has 0 aliphatic rings. The molecule has 1 N–H and O–H groups in total. The van der Waals surface area contributed by atoms with Gasteiger partial charge in [0.05, 0.1) is 13.2 Å². The number of ether oxygens (including phenoxy) is 2. The van der Waals surface area contributed by atoms with E-state index in [-0.39, 0.29) is 0 Å². The fourth-order valence-corrected chi connectivity index (χ4v) is 2.82. The number of rotatable bonds is 13. The van der Waals surface area contributed by atoms with E-state index in [0.717, 1.165) is 57.1 Å². The summed E-state index contributed by atoms with van der Waals surface area (Å²) in [5.74, 6) is 3.12. The summed E-state index contributed by atoms with van der Waals surface area (Å²) in [6, 6.07) is 16.8. The molecule has 0 aliphatic carbocycles. The molecule has 0 radical (unpaired) electrons. The Bertz CT molecular complexity index is 668. The standard InChI is InChI=1S/C25H37NO2/c1-20(2)13-16-27-24-11-10-23(25(18-24)28-17-14-21(3)4)19-26-15-12-22-8-6-5-7-9-22/h5-11,18,20-21,26H,12-17,19H2,1-4H3. The molecule has 0 aromatic heterocycles. The summed E-state index contributed by atoms with van der Waals surface area (Å²) >= 11 is 0. The Balaban J connectivity index is 1.91. The molecule has 0 heterocycles. The first-order chi connectivity index (χ1) is 13.5. The number of benzene rings is 2. The van der Waals surface area contributed by atoms with Crippen LogP contribution in [0.1, 0.15) is 51.7 Å². The molecule has 0 saturated carbocycles. The van der Waals surface area contributed by atoms with Crippen LogP contribution in [-0.4, -0.2) is 19.8 Å². The average Bonchev–Trinajstić information content (AvgIpc) is 2.67. The van der Waals surface area contributed by atoms with Crippen LogP contribution in [-0.2, 0) is 13.0 Å². The summed E-state index contributed by atoms with van der Waals surface area (Å²) in [6.07, 6.45) is 3.15. The van der Waals surface area contributed by atoms with Crippen LogP contribution in [0, 0.1) is 11.8 Å². The molecule has 154 valence electrons. The first-order valence-electron chi connectivity index (χ1n) is 10.7. The lowest BCUT2D eigenvalue weighted by molar-refractivity contribution is 0.274. The minimum atomic E-state index is 0.637. The molecule has 3 heteroatoms. The predicted octanol–water partition coefficient (Wildman–Crippen LogP) is 5.87. The van der Waals surface area contributed by atoms with Gasteiger partial charge in [0.25, 0.3) is 0 Å². The van der Waals surface area contributed by atoms with Crippen LogP contribution in [0.25, 0.3) is 0 Å². The van der Waals surface area contributed by atoms with Gasteiger partial charge in [0, 0.05) is 18.2 Å². The van der Waals surface area contributed by atoms with E-state index in [2.05, 4.69) is 81.5 Å². The SMILES string of the molecule is CC(C)CCOc1ccc(CNCCc2ccccc2)c(OCCC(C)C)c1. The molecule has 0 unspecified atom stereocenters. The first kappa shape index (κ1) is 22.3. The Kier molecular flexibility index (Phi) is 9.92. The van der Waals surface area contributed by atoms with Crippen LogP contribution in [0.4, 0.5) is 0 Å². The summed E-state index contributed by atoms with van der Waals surface area (Å²) < 4.78 is 12.0. The van der Waals surface area contributed by atoms with Gasteiger partial charge in [-0.1, -0.05) is 64.1 Å². The summed E-state index contributed by atoms with van der Waals surface area (Å²) in [7, 11) is 0. The highest BCUT2D eigenvalue weighted by molar-refractivity contribution is 5.40. The zero-order valence-corrected chi connectivity index (χ0v) is 18.0. The fourth-order valence-electron chi connectivity index (χ4n) is 2.82. The first-order valence-corrected chi connectivity index (χ1v) is 10.7. The van der Waals surface area contributed by atoms with Gasteiger partial charge >= 0.3 is 0 Å². The molecule has 0 bridgehead atoms. The van der Waals surface area contributed by atoms with E-state index in [1.807, 2.05) is 0 Å². The summed E-state index contributed by atoms with van der Waals surface area (Å²) in [5, 5.41) is 3.55. The second-order valence-corrected chi connectivity index (χ2v) is 8.24. The molecule has 0 saturated heterocycles. The molecule has 2 aromatic rings. The summed E-state index contributed by atoms with van der Waals surface area (Å²) in [5.41, 5.74) is 2.55. The van der Waals surface area contributed by atoms with Gasteiger partial charge in [-0.2, -0.15) is 0 Å². The number of hydrogen-bond donors (Lipinski definition) is 1. The van der Waals surface area contributed by atoms with E-state index >= 15 is 0 Å². The maximum atomic E-state index is 6.11. The number of nitrogens with one attached hydrogen (secondary N) is 1. The highest BCUT2D eigenvalue weighted by Gasteiger charge is 2.08. The van der Waals surface area contributed by atoms with E-state index in [1.54, 1.807) is 0 Å². The van der Waals surface area contributed by atoms with Crippen LogP contribution in [0.3, 0.4) is 0 Å². The molecule has 28 heavy (non-hydrogen) atoms. The van der Waals surface area contributed by atoms with Crippen molar-refractivity contribution in [3.8, 4) is 11.5 Å². The van der Waals surface area contributed by atoms with Crippen molar-refractivity contribution in [2.45, 2.75) is 53.5 Å². The van der Waals surface area contributed by atoms with Gasteiger partial charge in [0.1, 0.15) is 11.5 Å². The molecule has 2 rings (SSSR count). The molecule has 0 fully saturated rings. The highest BCUT2D eigenvalue weighted by atomic mass is 16.5. The second kappa shape index (κ2) is 12.5. The summed E-state index contributed by atoms with van der Waals surface area (Å²) in [4.78, 5) is 0. The van der Waals surface area contributed by atoms with Gasteiger partial charge in [-0.15, -0.1) is 0 Å². The largest absolute Gasteiger partial charge is 0.493 e. The van der Waals surface area contributed by atoms with Crippen LogP contribution in [0.5, 0.6) is 11.5 Å². The third-order valence-electron chi connectivity index (χ3n) is 4.70. The van der Waals surface area contributed by atoms with E-state index in [0.29, 0.717) is 11.8 Å². The third kappa shape index (κ3) is 8.79. The average molecular weight is 384 g/mol. The van der Waals surface area contributed by atoms with Gasteiger partial charge in [-0.05, 0) is 49.3 Å². The zero-order chi connectivity index (χ0) is 20.2. The zero-order valence-electron chi connectivity index (χ0n) is 18.0. The van der Waals surface area contributed by atoms with Crippen molar-refractivity contribution >= 4 is 0 Å². The molecule has 2 aromatic carbocycles. The molecule has 0 amide bonds. The Labute approximate surface area is 171 Å². The maximum absolute atomic E-state index is 6.11. The maximum Gasteiger partial charge on any atom is 0.127 e. The second-order valence-electron chi connectivity index (χ2n) is 8.24. The van der Waals surface area contributed by atoms with Crippen LogP contribution >= 0.6 is 0 Å². The van der Waals surface area contributed by atoms with Crippen LogP contribution in [0.15, 0.2) is 48.5 Å². The molecule has 0 spiro atoms. The molecule has 3 nitrogen and oxygen atoms in total. The van der Waals surface area contributed by atoms with E-state index in [1.165, 1.54) is 11.1 Å². The quantitative estimate of drug-likeness (QED) is 0.439. The smallest absolute Gasteiger partial charge is 0.127 e. The van der Waals surface area contributed by atoms with Crippen LogP contribution in [0.2, 0.25) is 0 Å². The molecule has 0 aliphatic heterocycles. The van der Waals surface area contributed by atoms with Crippen molar-refractivity contribution in [2.75, 3.05) is 19.8 Å². The van der Waals surface area contributed by atoms with E-state index < -0.39 is 0 Å². The van der Waals surface area contributed by atoms with Crippen molar-refractivity contribution in [1.29, 1.82) is 0 Å². The minimum Gasteiger partial charge on any atom is -0.493 e. The van der Waals surface area contributed by atoms with Gasteiger partial charge in [0.15, 0.2) is 0 Å². The van der Waals surface area contributed by atoms with E-state index in [4.69, 9.17) is 9.47 Å². The van der Waals surface area contributed by atoms with Crippen molar-refractivity contribution in [3.05, 3.63) is 59.7 Å². The Morgan fingerprint density at radius 2 is 1.50 bits per heavy atom. The van der Waals surface area contributed by atoms with Crippen molar-refractivity contribution in [1.82, 2.24) is 5.32 Å². The van der Waals surface area contributed by atoms with Crippen molar-refractivity contribution in [3.63, 3.8) is 0 Å². The lowest BCUT2D eigenvalue weighted by Crippen LogP contribution is -2.17. The van der Waals surface area contributed by atoms with Gasteiger partial charge < -0.3 is 14.8 Å². The highest BCUT2D eigenvalue weighted by Crippen LogP contribution is 2.26. The number of hydrogen-bond acceptors (Lipinski definition) is 3. The molecular formula is C25H37NO2. The lowest BCUT2D eigenvalue weighted by atomic mass is 10.1. The Morgan fingerprint density at radius 3 is 2.18 bits per heavy atom. The lowest BCUT2D eigenvalue weighted by Gasteiger charge is -2.16. The van der Waals surface area contributed by atoms with Crippen LogP contribution < -0.4 is 14.8 Å². The molecular weight excluding hydrogens is 346 g/mol. The van der Waals surface area contributed by atoms with Gasteiger partial charge in [-0.3, -0.25) is 0 Å². The molecule has 0 atom stereocenters. The topological polar surface area (TPSA) is 30.5 Å². The van der Waals surface area contributed by atoms with Gasteiger partial charge in [0.2, 0.25) is 0 Å². The normalized spacial score (nSPS) is 11.2.